The number of pyridine rings is 2. The lowest BCUT2D eigenvalue weighted by atomic mass is 9.91. The summed E-state index contributed by atoms with van der Waals surface area (Å²) in [6.07, 6.45) is 5.32. The van der Waals surface area contributed by atoms with Gasteiger partial charge in [-0.05, 0) is 82.6 Å². The molecule has 0 saturated heterocycles. The van der Waals surface area contributed by atoms with E-state index in [0.29, 0.717) is 50.0 Å². The van der Waals surface area contributed by atoms with Gasteiger partial charge in [0.15, 0.2) is 0 Å². The topological polar surface area (TPSA) is 38.1 Å². The lowest BCUT2D eigenvalue weighted by Gasteiger charge is -2.32. The highest BCUT2D eigenvalue weighted by Crippen LogP contribution is 2.39. The van der Waals surface area contributed by atoms with Crippen LogP contribution in [0.2, 0.25) is 15.1 Å². The van der Waals surface area contributed by atoms with Gasteiger partial charge in [-0.15, -0.1) is 0 Å². The molecule has 1 aliphatic rings. The number of benzene rings is 2. The van der Waals surface area contributed by atoms with E-state index in [4.69, 9.17) is 39.8 Å². The Kier molecular flexibility index (Phi) is 8.34. The summed E-state index contributed by atoms with van der Waals surface area (Å²) in [7, 11) is 2.19. The molecule has 2 aromatic carbocycles. The Bertz CT molecular complexity index is 1570. The van der Waals surface area contributed by atoms with Crippen LogP contribution in [-0.2, 0) is 0 Å². The quantitative estimate of drug-likeness (QED) is 0.219. The second-order valence-corrected chi connectivity index (χ2v) is 11.9. The van der Waals surface area contributed by atoms with Gasteiger partial charge in [-0.3, -0.25) is 14.3 Å². The van der Waals surface area contributed by atoms with E-state index in [0.717, 1.165) is 37.8 Å². The van der Waals surface area contributed by atoms with Gasteiger partial charge in [0.2, 0.25) is 0 Å². The molecule has 1 fully saturated rings. The first-order chi connectivity index (χ1) is 18.7. The van der Waals surface area contributed by atoms with Gasteiger partial charge in [-0.1, -0.05) is 53.7 Å². The molecule has 1 aliphatic carbocycles. The number of hydrogen-bond donors (Lipinski definition) is 0. The minimum absolute atomic E-state index is 0.173. The van der Waals surface area contributed by atoms with E-state index in [1.54, 1.807) is 34.9 Å². The Morgan fingerprint density at radius 3 is 2.38 bits per heavy atom. The minimum atomic E-state index is -0.424. The van der Waals surface area contributed by atoms with E-state index in [9.17, 15) is 9.18 Å². The van der Waals surface area contributed by atoms with Crippen molar-refractivity contribution < 1.29 is 4.39 Å². The van der Waals surface area contributed by atoms with Crippen LogP contribution in [0.4, 0.5) is 4.39 Å². The van der Waals surface area contributed by atoms with Gasteiger partial charge < -0.3 is 4.90 Å². The molecule has 204 valence electrons. The zero-order chi connectivity index (χ0) is 27.8. The fourth-order valence-corrected chi connectivity index (χ4v) is 6.51. The fourth-order valence-electron chi connectivity index (χ4n) is 5.68. The third-order valence-electron chi connectivity index (χ3n) is 7.96. The maximum Gasteiger partial charge on any atom is 0.255 e. The average Bonchev–Trinajstić information content (AvgIpc) is 3.15. The summed E-state index contributed by atoms with van der Waals surface area (Å²) < 4.78 is 15.6. The Hall–Kier alpha value is -2.44. The van der Waals surface area contributed by atoms with Crippen molar-refractivity contribution in [3.8, 4) is 16.9 Å². The molecule has 2 unspecified atom stereocenters. The molecule has 1 saturated carbocycles. The molecule has 0 aliphatic heterocycles. The maximum atomic E-state index is 14.0. The number of nitrogens with zero attached hydrogens (tertiary/aromatic N) is 3. The molecule has 0 spiro atoms. The van der Waals surface area contributed by atoms with Gasteiger partial charge in [0.25, 0.3) is 5.56 Å². The zero-order valence-electron chi connectivity index (χ0n) is 22.2. The number of rotatable bonds is 5. The molecule has 4 nitrogen and oxygen atoms in total. The van der Waals surface area contributed by atoms with Crippen LogP contribution in [0.15, 0.2) is 59.4 Å². The van der Waals surface area contributed by atoms with Crippen molar-refractivity contribution in [2.75, 3.05) is 7.05 Å². The number of halogens is 4. The highest BCUT2D eigenvalue weighted by molar-refractivity contribution is 6.38. The van der Waals surface area contributed by atoms with Crippen LogP contribution in [0, 0.1) is 5.82 Å². The number of aromatic nitrogens is 2. The summed E-state index contributed by atoms with van der Waals surface area (Å²) in [5, 5.41) is 1.69. The third kappa shape index (κ3) is 5.60. The Labute approximate surface area is 243 Å². The lowest BCUT2D eigenvalue weighted by molar-refractivity contribution is 0.173. The van der Waals surface area contributed by atoms with E-state index < -0.39 is 5.82 Å². The third-order valence-corrected chi connectivity index (χ3v) is 8.89. The number of hydrogen-bond acceptors (Lipinski definition) is 3. The van der Waals surface area contributed by atoms with E-state index in [-0.39, 0.29) is 16.5 Å². The van der Waals surface area contributed by atoms with E-state index >= 15 is 0 Å². The molecule has 4 aromatic rings. The molecule has 0 amide bonds. The van der Waals surface area contributed by atoms with Crippen molar-refractivity contribution in [1.29, 1.82) is 0 Å². The molecule has 8 heteroatoms. The Balaban J connectivity index is 1.80. The van der Waals surface area contributed by atoms with Crippen molar-refractivity contribution in [2.24, 2.45) is 0 Å². The SMILES string of the molecule is CC(C)N(C)C1CCCCC(c2cc3c(ccc(=O)n3-c3c(Cl)cccc3Cl)c(-c3ccc(F)cc3Cl)n2)C1. The molecule has 2 heterocycles. The molecular formula is C31H31Cl3FN3O. The highest BCUT2D eigenvalue weighted by atomic mass is 35.5. The van der Waals surface area contributed by atoms with Crippen LogP contribution in [0.1, 0.15) is 57.6 Å². The molecular weight excluding hydrogens is 556 g/mol. The second-order valence-electron chi connectivity index (χ2n) is 10.7. The number of fused-ring (bicyclic) bond motifs is 1. The monoisotopic (exact) mass is 585 g/mol. The van der Waals surface area contributed by atoms with Crippen LogP contribution < -0.4 is 5.56 Å². The number of para-hydroxylation sites is 1. The van der Waals surface area contributed by atoms with Crippen LogP contribution >= 0.6 is 34.8 Å². The van der Waals surface area contributed by atoms with E-state index in [1.165, 1.54) is 18.2 Å². The van der Waals surface area contributed by atoms with Gasteiger partial charge in [0, 0.05) is 40.7 Å². The molecule has 2 aromatic heterocycles. The molecule has 2 atom stereocenters. The Morgan fingerprint density at radius 2 is 1.69 bits per heavy atom. The average molecular weight is 587 g/mol. The summed E-state index contributed by atoms with van der Waals surface area (Å²) in [4.78, 5) is 21.0. The van der Waals surface area contributed by atoms with Crippen LogP contribution in [0.5, 0.6) is 0 Å². The minimum Gasteiger partial charge on any atom is -0.301 e. The summed E-state index contributed by atoms with van der Waals surface area (Å²) in [6, 6.07) is 15.6. The van der Waals surface area contributed by atoms with E-state index in [1.807, 2.05) is 6.07 Å². The van der Waals surface area contributed by atoms with Gasteiger partial charge in [0.1, 0.15) is 5.82 Å². The van der Waals surface area contributed by atoms with Crippen molar-refractivity contribution in [1.82, 2.24) is 14.5 Å². The van der Waals surface area contributed by atoms with Crippen molar-refractivity contribution in [3.63, 3.8) is 0 Å². The molecule has 5 rings (SSSR count). The summed E-state index contributed by atoms with van der Waals surface area (Å²) >= 11 is 19.8. The summed E-state index contributed by atoms with van der Waals surface area (Å²) in [6.45, 7) is 4.43. The van der Waals surface area contributed by atoms with Crippen molar-refractivity contribution in [2.45, 2.75) is 64.0 Å². The largest absolute Gasteiger partial charge is 0.301 e. The van der Waals surface area contributed by atoms with Gasteiger partial charge in [-0.25, -0.2) is 4.39 Å². The first-order valence-corrected chi connectivity index (χ1v) is 14.5. The van der Waals surface area contributed by atoms with Crippen LogP contribution in [0.3, 0.4) is 0 Å². The molecule has 0 bridgehead atoms. The first kappa shape index (κ1) is 28.1. The predicted molar refractivity (Wildman–Crippen MR) is 160 cm³/mol. The lowest BCUT2D eigenvalue weighted by Crippen LogP contribution is -2.37. The van der Waals surface area contributed by atoms with Gasteiger partial charge >= 0.3 is 0 Å². The van der Waals surface area contributed by atoms with Crippen molar-refractivity contribution >= 4 is 45.7 Å². The van der Waals surface area contributed by atoms with Crippen LogP contribution in [-0.4, -0.2) is 33.6 Å². The highest BCUT2D eigenvalue weighted by Gasteiger charge is 2.28. The molecule has 0 N–H and O–H groups in total. The second kappa shape index (κ2) is 11.6. The van der Waals surface area contributed by atoms with Crippen molar-refractivity contribution in [3.05, 3.63) is 91.5 Å². The molecule has 39 heavy (non-hydrogen) atoms. The summed E-state index contributed by atoms with van der Waals surface area (Å²) in [5.74, 6) is -0.251. The van der Waals surface area contributed by atoms with Gasteiger partial charge in [0.05, 0.1) is 32.0 Å². The fraction of sp³-hybridized carbons (Fsp3) is 0.355. The standard InChI is InChI=1S/C31H31Cl3FN3O/c1-18(2)37(3)21-8-5-4-7-19(15-21)27-17-28-23(30(36-27)22-12-11-20(35)16-26(22)34)13-14-29(39)38(28)31-24(32)9-6-10-25(31)33/h6,9-14,16-19,21H,4-5,7-8,15H2,1-3H3. The first-order valence-electron chi connectivity index (χ1n) is 13.3. The summed E-state index contributed by atoms with van der Waals surface area (Å²) in [5.41, 5.74) is 2.87. The van der Waals surface area contributed by atoms with Gasteiger partial charge in [-0.2, -0.15) is 0 Å². The normalized spacial score (nSPS) is 18.2. The molecule has 0 radical (unpaired) electrons. The van der Waals surface area contributed by atoms with Crippen LogP contribution in [0.25, 0.3) is 27.8 Å². The predicted octanol–water partition coefficient (Wildman–Crippen LogP) is 8.91. The maximum absolute atomic E-state index is 14.0. The smallest absolute Gasteiger partial charge is 0.255 e. The zero-order valence-corrected chi connectivity index (χ0v) is 24.5. The Morgan fingerprint density at radius 1 is 0.974 bits per heavy atom. The van der Waals surface area contributed by atoms with E-state index in [2.05, 4.69) is 25.8 Å².